The van der Waals surface area contributed by atoms with Gasteiger partial charge >= 0.3 is 0 Å². The third kappa shape index (κ3) is 3.03. The average molecular weight is 235 g/mol. The van der Waals surface area contributed by atoms with E-state index in [-0.39, 0.29) is 12.1 Å². The average Bonchev–Trinajstić information content (AvgIpc) is 2.41. The standard InChI is InChI=1S/C13H21N3O/c1-2-12(14)13(11-3-5-15-6-4-11)16-7-9-17-10-8-16/h3-6,12-13H,2,7-10,14H2,1H3. The quantitative estimate of drug-likeness (QED) is 0.852. The monoisotopic (exact) mass is 235 g/mol. The zero-order valence-corrected chi connectivity index (χ0v) is 10.4. The van der Waals surface area contributed by atoms with Gasteiger partial charge < -0.3 is 10.5 Å². The van der Waals surface area contributed by atoms with Crippen molar-refractivity contribution in [2.75, 3.05) is 26.3 Å². The molecule has 2 unspecified atom stereocenters. The lowest BCUT2D eigenvalue weighted by Crippen LogP contribution is -2.46. The van der Waals surface area contributed by atoms with Crippen LogP contribution in [0.2, 0.25) is 0 Å². The zero-order chi connectivity index (χ0) is 12.1. The van der Waals surface area contributed by atoms with E-state index < -0.39 is 0 Å². The molecule has 0 amide bonds. The van der Waals surface area contributed by atoms with Gasteiger partial charge in [0.2, 0.25) is 0 Å². The van der Waals surface area contributed by atoms with E-state index in [2.05, 4.69) is 28.9 Å². The predicted octanol–water partition coefficient (Wildman–Crippen LogP) is 1.19. The van der Waals surface area contributed by atoms with Crippen molar-refractivity contribution in [2.24, 2.45) is 5.73 Å². The first-order valence-corrected chi connectivity index (χ1v) is 6.30. The molecule has 2 rings (SSSR count). The van der Waals surface area contributed by atoms with Gasteiger partial charge in [0.25, 0.3) is 0 Å². The van der Waals surface area contributed by atoms with Crippen LogP contribution in [0, 0.1) is 0 Å². The van der Waals surface area contributed by atoms with E-state index in [0.717, 1.165) is 32.7 Å². The molecule has 0 bridgehead atoms. The van der Waals surface area contributed by atoms with Crippen molar-refractivity contribution in [3.63, 3.8) is 0 Å². The number of pyridine rings is 1. The summed E-state index contributed by atoms with van der Waals surface area (Å²) in [4.78, 5) is 6.50. The van der Waals surface area contributed by atoms with E-state index in [4.69, 9.17) is 10.5 Å². The van der Waals surface area contributed by atoms with Gasteiger partial charge in [0.15, 0.2) is 0 Å². The van der Waals surface area contributed by atoms with Crippen molar-refractivity contribution in [1.82, 2.24) is 9.88 Å². The van der Waals surface area contributed by atoms with Gasteiger partial charge in [0.1, 0.15) is 0 Å². The van der Waals surface area contributed by atoms with Gasteiger partial charge in [0, 0.05) is 31.5 Å². The molecule has 1 aliphatic heterocycles. The topological polar surface area (TPSA) is 51.4 Å². The Kier molecular flexibility index (Phi) is 4.48. The van der Waals surface area contributed by atoms with Crippen LogP contribution in [-0.4, -0.2) is 42.2 Å². The van der Waals surface area contributed by atoms with Crippen molar-refractivity contribution in [3.05, 3.63) is 30.1 Å². The smallest absolute Gasteiger partial charge is 0.0594 e. The van der Waals surface area contributed by atoms with Crippen LogP contribution in [0.1, 0.15) is 24.9 Å². The molecule has 1 aromatic rings. The molecule has 2 atom stereocenters. The molecule has 4 heteroatoms. The fourth-order valence-corrected chi connectivity index (χ4v) is 2.37. The largest absolute Gasteiger partial charge is 0.379 e. The Bertz CT molecular complexity index is 325. The summed E-state index contributed by atoms with van der Waals surface area (Å²) in [6, 6.07) is 4.58. The maximum Gasteiger partial charge on any atom is 0.0594 e. The summed E-state index contributed by atoms with van der Waals surface area (Å²) in [5.74, 6) is 0. The summed E-state index contributed by atoms with van der Waals surface area (Å²) in [6.07, 6.45) is 4.65. The Morgan fingerprint density at radius 3 is 2.59 bits per heavy atom. The van der Waals surface area contributed by atoms with Gasteiger partial charge in [-0.05, 0) is 24.1 Å². The highest BCUT2D eigenvalue weighted by Crippen LogP contribution is 2.25. The summed E-state index contributed by atoms with van der Waals surface area (Å²) in [6.45, 7) is 5.66. The number of hydrogen-bond donors (Lipinski definition) is 1. The molecule has 0 saturated carbocycles. The fraction of sp³-hybridized carbons (Fsp3) is 0.615. The summed E-state index contributed by atoms with van der Waals surface area (Å²) in [5.41, 5.74) is 7.54. The third-order valence-electron chi connectivity index (χ3n) is 3.36. The Morgan fingerprint density at radius 2 is 2.00 bits per heavy atom. The first-order valence-electron chi connectivity index (χ1n) is 6.30. The molecule has 17 heavy (non-hydrogen) atoms. The van der Waals surface area contributed by atoms with Gasteiger partial charge in [-0.1, -0.05) is 6.92 Å². The maximum absolute atomic E-state index is 6.28. The SMILES string of the molecule is CCC(N)C(c1ccncc1)N1CCOCC1. The molecule has 4 nitrogen and oxygen atoms in total. The first-order chi connectivity index (χ1) is 8.33. The van der Waals surface area contributed by atoms with Gasteiger partial charge in [-0.25, -0.2) is 0 Å². The van der Waals surface area contributed by atoms with Crippen LogP contribution in [-0.2, 0) is 4.74 Å². The number of nitrogens with zero attached hydrogens (tertiary/aromatic N) is 2. The van der Waals surface area contributed by atoms with E-state index in [0.29, 0.717) is 0 Å². The van der Waals surface area contributed by atoms with Gasteiger partial charge in [0.05, 0.1) is 19.3 Å². The lowest BCUT2D eigenvalue weighted by atomic mass is 9.97. The molecule has 0 aliphatic carbocycles. The van der Waals surface area contributed by atoms with E-state index in [9.17, 15) is 0 Å². The Morgan fingerprint density at radius 1 is 1.35 bits per heavy atom. The molecule has 94 valence electrons. The number of aromatic nitrogens is 1. The Hall–Kier alpha value is -0.970. The van der Waals surface area contributed by atoms with Crippen LogP contribution in [0.15, 0.2) is 24.5 Å². The van der Waals surface area contributed by atoms with Gasteiger partial charge in [-0.2, -0.15) is 0 Å². The molecule has 1 aliphatic rings. The molecule has 2 heterocycles. The highest BCUT2D eigenvalue weighted by molar-refractivity contribution is 5.17. The molecule has 1 aromatic heterocycles. The van der Waals surface area contributed by atoms with E-state index in [1.165, 1.54) is 5.56 Å². The molecule has 1 fully saturated rings. The second kappa shape index (κ2) is 6.10. The normalized spacial score (nSPS) is 21.1. The minimum Gasteiger partial charge on any atom is -0.379 e. The Labute approximate surface area is 103 Å². The lowest BCUT2D eigenvalue weighted by Gasteiger charge is -2.37. The van der Waals surface area contributed by atoms with Crippen LogP contribution < -0.4 is 5.73 Å². The van der Waals surface area contributed by atoms with Crippen LogP contribution in [0.4, 0.5) is 0 Å². The summed E-state index contributed by atoms with van der Waals surface area (Å²) in [7, 11) is 0. The minimum absolute atomic E-state index is 0.162. The lowest BCUT2D eigenvalue weighted by molar-refractivity contribution is 0.0101. The molecule has 0 radical (unpaired) electrons. The van der Waals surface area contributed by atoms with Crippen LogP contribution in [0.5, 0.6) is 0 Å². The molecular weight excluding hydrogens is 214 g/mol. The molecule has 2 N–H and O–H groups in total. The first kappa shape index (κ1) is 12.5. The van der Waals surface area contributed by atoms with Crippen molar-refractivity contribution >= 4 is 0 Å². The zero-order valence-electron chi connectivity index (χ0n) is 10.4. The summed E-state index contributed by atoms with van der Waals surface area (Å²) >= 11 is 0. The fourth-order valence-electron chi connectivity index (χ4n) is 2.37. The minimum atomic E-state index is 0.162. The second-order valence-electron chi connectivity index (χ2n) is 4.45. The van der Waals surface area contributed by atoms with Gasteiger partial charge in [-0.15, -0.1) is 0 Å². The Balaban J connectivity index is 2.18. The number of ether oxygens (including phenoxy) is 1. The van der Waals surface area contributed by atoms with Crippen molar-refractivity contribution in [2.45, 2.75) is 25.4 Å². The molecule has 1 saturated heterocycles. The number of nitrogens with two attached hydrogens (primary N) is 1. The second-order valence-corrected chi connectivity index (χ2v) is 4.45. The number of rotatable bonds is 4. The van der Waals surface area contributed by atoms with Crippen LogP contribution in [0.25, 0.3) is 0 Å². The van der Waals surface area contributed by atoms with E-state index in [1.54, 1.807) is 0 Å². The molecule has 0 spiro atoms. The number of morpholine rings is 1. The van der Waals surface area contributed by atoms with Crippen molar-refractivity contribution < 1.29 is 4.74 Å². The third-order valence-corrected chi connectivity index (χ3v) is 3.36. The van der Waals surface area contributed by atoms with Crippen LogP contribution >= 0.6 is 0 Å². The summed E-state index contributed by atoms with van der Waals surface area (Å²) < 4.78 is 5.40. The highest BCUT2D eigenvalue weighted by atomic mass is 16.5. The van der Waals surface area contributed by atoms with E-state index >= 15 is 0 Å². The molecular formula is C13H21N3O. The molecule has 0 aromatic carbocycles. The van der Waals surface area contributed by atoms with E-state index in [1.807, 2.05) is 12.4 Å². The highest BCUT2D eigenvalue weighted by Gasteiger charge is 2.26. The van der Waals surface area contributed by atoms with Crippen LogP contribution in [0.3, 0.4) is 0 Å². The number of hydrogen-bond acceptors (Lipinski definition) is 4. The maximum atomic E-state index is 6.28. The van der Waals surface area contributed by atoms with Crippen molar-refractivity contribution in [3.8, 4) is 0 Å². The summed E-state index contributed by atoms with van der Waals surface area (Å²) in [5, 5.41) is 0. The van der Waals surface area contributed by atoms with Crippen molar-refractivity contribution in [1.29, 1.82) is 0 Å². The van der Waals surface area contributed by atoms with Gasteiger partial charge in [-0.3, -0.25) is 9.88 Å². The predicted molar refractivity (Wildman–Crippen MR) is 67.6 cm³/mol.